The van der Waals surface area contributed by atoms with E-state index in [-0.39, 0.29) is 0 Å². The molecule has 0 amide bonds. The Balaban J connectivity index is 1.75. The van der Waals surface area contributed by atoms with E-state index in [9.17, 15) is 0 Å². The maximum absolute atomic E-state index is 4.70. The lowest BCUT2D eigenvalue weighted by molar-refractivity contribution is 1.01. The number of thiazole rings is 1. The van der Waals surface area contributed by atoms with Crippen molar-refractivity contribution in [1.29, 1.82) is 0 Å². The first kappa shape index (κ1) is 10.5. The van der Waals surface area contributed by atoms with Crippen molar-refractivity contribution in [2.24, 2.45) is 0 Å². The van der Waals surface area contributed by atoms with E-state index in [1.165, 1.54) is 29.1 Å². The molecule has 1 aromatic carbocycles. The molecule has 0 saturated heterocycles. The zero-order valence-electron chi connectivity index (χ0n) is 8.82. The number of aromatic nitrogens is 1. The average molecular weight is 294 g/mol. The first-order valence-electron chi connectivity index (χ1n) is 5.50. The van der Waals surface area contributed by atoms with Crippen molar-refractivity contribution < 1.29 is 0 Å². The average Bonchev–Trinajstić information content (AvgIpc) is 3.04. The van der Waals surface area contributed by atoms with Crippen molar-refractivity contribution in [2.75, 3.05) is 0 Å². The number of benzene rings is 1. The summed E-state index contributed by atoms with van der Waals surface area (Å²) in [5.41, 5.74) is 2.65. The molecule has 3 heteroatoms. The summed E-state index contributed by atoms with van der Waals surface area (Å²) in [6.45, 7) is 0. The summed E-state index contributed by atoms with van der Waals surface area (Å²) in [7, 11) is 0. The number of rotatable bonds is 3. The first-order valence-corrected chi connectivity index (χ1v) is 7.17. The summed E-state index contributed by atoms with van der Waals surface area (Å²) < 4.78 is 1.13. The number of nitrogens with zero attached hydrogens (tertiary/aromatic N) is 1. The molecule has 1 heterocycles. The van der Waals surface area contributed by atoms with Crippen LogP contribution in [-0.2, 0) is 6.42 Å². The minimum absolute atomic E-state index is 0.773. The molecular formula is C13H12BrNS. The van der Waals surface area contributed by atoms with Gasteiger partial charge in [-0.25, -0.2) is 4.98 Å². The van der Waals surface area contributed by atoms with Crippen LogP contribution in [0.1, 0.15) is 35.0 Å². The molecule has 82 valence electrons. The van der Waals surface area contributed by atoms with Crippen LogP contribution in [0.3, 0.4) is 0 Å². The molecule has 1 nitrogen and oxygen atoms in total. The Morgan fingerprint density at radius 3 is 2.69 bits per heavy atom. The zero-order valence-corrected chi connectivity index (χ0v) is 11.2. The van der Waals surface area contributed by atoms with Crippen molar-refractivity contribution in [2.45, 2.75) is 25.2 Å². The Morgan fingerprint density at radius 1 is 1.25 bits per heavy atom. The van der Waals surface area contributed by atoms with Crippen molar-refractivity contribution in [1.82, 2.24) is 4.98 Å². The molecule has 1 aromatic heterocycles. The molecule has 3 rings (SSSR count). The van der Waals surface area contributed by atoms with Gasteiger partial charge in [-0.05, 0) is 30.5 Å². The third-order valence-corrected chi connectivity index (χ3v) is 4.23. The molecule has 1 saturated carbocycles. The minimum atomic E-state index is 0.773. The van der Waals surface area contributed by atoms with Crippen LogP contribution in [-0.4, -0.2) is 4.98 Å². The van der Waals surface area contributed by atoms with Crippen molar-refractivity contribution >= 4 is 27.3 Å². The highest BCUT2D eigenvalue weighted by Crippen LogP contribution is 2.40. The van der Waals surface area contributed by atoms with Crippen molar-refractivity contribution in [3.05, 3.63) is 50.4 Å². The molecule has 16 heavy (non-hydrogen) atoms. The highest BCUT2D eigenvalue weighted by atomic mass is 79.9. The van der Waals surface area contributed by atoms with Gasteiger partial charge in [0.1, 0.15) is 0 Å². The molecular weight excluding hydrogens is 282 g/mol. The van der Waals surface area contributed by atoms with Gasteiger partial charge in [0.2, 0.25) is 0 Å². The van der Waals surface area contributed by atoms with E-state index in [0.29, 0.717) is 0 Å². The summed E-state index contributed by atoms with van der Waals surface area (Å²) in [6.07, 6.45) is 3.63. The highest BCUT2D eigenvalue weighted by Gasteiger charge is 2.25. The molecule has 0 N–H and O–H groups in total. The fraction of sp³-hybridized carbons (Fsp3) is 0.308. The third kappa shape index (κ3) is 2.36. The maximum Gasteiger partial charge on any atom is 0.0972 e. The van der Waals surface area contributed by atoms with Gasteiger partial charge in [-0.1, -0.05) is 28.1 Å². The van der Waals surface area contributed by atoms with E-state index >= 15 is 0 Å². The molecule has 1 aliphatic carbocycles. The Morgan fingerprint density at radius 2 is 2.00 bits per heavy atom. The fourth-order valence-corrected chi connectivity index (χ4v) is 2.92. The summed E-state index contributed by atoms with van der Waals surface area (Å²) in [5, 5.41) is 3.47. The third-order valence-electron chi connectivity index (χ3n) is 2.83. The largest absolute Gasteiger partial charge is 0.246 e. The van der Waals surface area contributed by atoms with Crippen LogP contribution in [0.4, 0.5) is 0 Å². The molecule has 0 aliphatic heterocycles. The maximum atomic E-state index is 4.70. The van der Waals surface area contributed by atoms with Gasteiger partial charge < -0.3 is 0 Å². The van der Waals surface area contributed by atoms with Crippen LogP contribution in [0.25, 0.3) is 0 Å². The van der Waals surface area contributed by atoms with Gasteiger partial charge >= 0.3 is 0 Å². The first-order chi connectivity index (χ1) is 7.81. The Hall–Kier alpha value is -0.670. The summed E-state index contributed by atoms with van der Waals surface area (Å²) >= 11 is 5.24. The molecule has 0 atom stereocenters. The second-order valence-corrected chi connectivity index (χ2v) is 6.10. The quantitative estimate of drug-likeness (QED) is 0.819. The zero-order chi connectivity index (χ0) is 11.0. The lowest BCUT2D eigenvalue weighted by atomic mass is 10.2. The van der Waals surface area contributed by atoms with E-state index in [1.54, 1.807) is 11.3 Å². The molecule has 0 spiro atoms. The van der Waals surface area contributed by atoms with Crippen LogP contribution in [0.5, 0.6) is 0 Å². The van der Waals surface area contributed by atoms with Gasteiger partial charge in [0.25, 0.3) is 0 Å². The molecule has 0 radical (unpaired) electrons. The lowest BCUT2D eigenvalue weighted by Crippen LogP contribution is -1.87. The van der Waals surface area contributed by atoms with Gasteiger partial charge in [0.15, 0.2) is 0 Å². The number of hydrogen-bond acceptors (Lipinski definition) is 2. The number of hydrogen-bond donors (Lipinski definition) is 0. The lowest BCUT2D eigenvalue weighted by Gasteiger charge is -1.97. The van der Waals surface area contributed by atoms with Crippen LogP contribution in [0.2, 0.25) is 0 Å². The second kappa shape index (κ2) is 4.30. The topological polar surface area (TPSA) is 12.9 Å². The molecule has 2 aromatic rings. The van der Waals surface area contributed by atoms with Crippen LogP contribution in [0, 0.1) is 0 Å². The van der Waals surface area contributed by atoms with Crippen molar-refractivity contribution in [3.63, 3.8) is 0 Å². The molecule has 1 fully saturated rings. The van der Waals surface area contributed by atoms with E-state index in [0.717, 1.165) is 16.8 Å². The minimum Gasteiger partial charge on any atom is -0.246 e. The Bertz CT molecular complexity index is 485. The Labute approximate surface area is 108 Å². The smallest absolute Gasteiger partial charge is 0.0972 e. The standard InChI is InChI=1S/C13H12BrNS/c14-11-5-1-9(2-6-11)7-13-15-12(8-16-13)10-3-4-10/h1-2,5-6,8,10H,3-4,7H2. The van der Waals surface area contributed by atoms with E-state index in [4.69, 9.17) is 4.98 Å². The predicted octanol–water partition coefficient (Wildman–Crippen LogP) is 4.37. The van der Waals surface area contributed by atoms with Gasteiger partial charge in [-0.3, -0.25) is 0 Å². The summed E-state index contributed by atoms with van der Waals surface area (Å²) in [6, 6.07) is 8.49. The van der Waals surface area contributed by atoms with Crippen LogP contribution >= 0.6 is 27.3 Å². The van der Waals surface area contributed by atoms with E-state index in [2.05, 4.69) is 45.6 Å². The van der Waals surface area contributed by atoms with Crippen LogP contribution < -0.4 is 0 Å². The van der Waals surface area contributed by atoms with Gasteiger partial charge in [0, 0.05) is 22.2 Å². The van der Waals surface area contributed by atoms with Gasteiger partial charge in [0.05, 0.1) is 10.7 Å². The monoisotopic (exact) mass is 293 g/mol. The van der Waals surface area contributed by atoms with E-state index < -0.39 is 0 Å². The Kier molecular flexibility index (Phi) is 2.82. The predicted molar refractivity (Wildman–Crippen MR) is 71.0 cm³/mol. The van der Waals surface area contributed by atoms with Gasteiger partial charge in [-0.2, -0.15) is 0 Å². The number of halogens is 1. The molecule has 0 unspecified atom stereocenters. The summed E-state index contributed by atoms with van der Waals surface area (Å²) in [5.74, 6) is 0.773. The van der Waals surface area contributed by atoms with E-state index in [1.807, 2.05) is 0 Å². The highest BCUT2D eigenvalue weighted by molar-refractivity contribution is 9.10. The fourth-order valence-electron chi connectivity index (χ4n) is 1.75. The SMILES string of the molecule is Brc1ccc(Cc2nc(C3CC3)cs2)cc1. The van der Waals surface area contributed by atoms with Crippen LogP contribution in [0.15, 0.2) is 34.1 Å². The van der Waals surface area contributed by atoms with Crippen molar-refractivity contribution in [3.8, 4) is 0 Å². The van der Waals surface area contributed by atoms with Gasteiger partial charge in [-0.15, -0.1) is 11.3 Å². The molecule has 1 aliphatic rings. The molecule has 0 bridgehead atoms. The normalized spacial score (nSPS) is 15.3. The summed E-state index contributed by atoms with van der Waals surface area (Å²) in [4.78, 5) is 4.70. The second-order valence-electron chi connectivity index (χ2n) is 4.24.